The van der Waals surface area contributed by atoms with Crippen molar-refractivity contribution in [3.8, 4) is 11.3 Å². The van der Waals surface area contributed by atoms with Crippen LogP contribution in [0.5, 0.6) is 0 Å². The van der Waals surface area contributed by atoms with Crippen LogP contribution in [0.25, 0.3) is 17.4 Å². The molecule has 3 rings (SSSR count). The Balaban J connectivity index is 1.87. The fourth-order valence-electron chi connectivity index (χ4n) is 2.26. The van der Waals surface area contributed by atoms with Crippen LogP contribution in [0.1, 0.15) is 5.76 Å². The van der Waals surface area contributed by atoms with E-state index in [9.17, 15) is 14.4 Å². The summed E-state index contributed by atoms with van der Waals surface area (Å²) >= 11 is 12.1. The first-order valence-electron chi connectivity index (χ1n) is 6.97. The molecule has 2 N–H and O–H groups in total. The number of nitrogens with one attached hydrogen (secondary N) is 1. The molecule has 1 aliphatic rings. The Morgan fingerprint density at radius 2 is 2.00 bits per heavy atom. The first kappa shape index (κ1) is 17.1. The van der Waals surface area contributed by atoms with Crippen LogP contribution in [0.3, 0.4) is 0 Å². The Morgan fingerprint density at radius 3 is 2.72 bits per heavy atom. The third-order valence-electron chi connectivity index (χ3n) is 3.39. The third kappa shape index (κ3) is 3.38. The van der Waals surface area contributed by atoms with Gasteiger partial charge in [-0.05, 0) is 24.3 Å². The Bertz CT molecular complexity index is 919. The second-order valence-corrected chi connectivity index (χ2v) is 5.86. The van der Waals surface area contributed by atoms with Crippen LogP contribution in [-0.4, -0.2) is 34.5 Å². The topological polar surface area (TPSA) is 99.8 Å². The maximum absolute atomic E-state index is 12.1. The summed E-state index contributed by atoms with van der Waals surface area (Å²) in [7, 11) is 0. The molecule has 1 fully saturated rings. The molecule has 2 aromatic rings. The van der Waals surface area contributed by atoms with Gasteiger partial charge in [0.05, 0.1) is 10.0 Å². The van der Waals surface area contributed by atoms with Gasteiger partial charge in [-0.1, -0.05) is 29.3 Å². The normalized spacial score (nSPS) is 15.8. The standard InChI is InChI=1S/C16H10Cl2N2O5/c17-10-3-1-2-9(14(10)18)12-5-4-8(25-12)6-11-15(23)20(7-13(21)22)16(24)19-11/h1-6H,7H2,(H,19,24)(H,21,22)/b11-6-. The molecule has 0 aliphatic carbocycles. The van der Waals surface area contributed by atoms with E-state index in [0.717, 1.165) is 0 Å². The molecule has 0 radical (unpaired) electrons. The van der Waals surface area contributed by atoms with E-state index in [-0.39, 0.29) is 11.5 Å². The van der Waals surface area contributed by atoms with Gasteiger partial charge in [0.25, 0.3) is 5.91 Å². The zero-order valence-corrected chi connectivity index (χ0v) is 14.0. The van der Waals surface area contributed by atoms with Gasteiger partial charge in [-0.3, -0.25) is 9.59 Å². The quantitative estimate of drug-likeness (QED) is 0.626. The fourth-order valence-corrected chi connectivity index (χ4v) is 2.66. The van der Waals surface area contributed by atoms with Gasteiger partial charge in [0.1, 0.15) is 23.8 Å². The Hall–Kier alpha value is -2.77. The molecule has 1 aliphatic heterocycles. The van der Waals surface area contributed by atoms with Gasteiger partial charge in [0.2, 0.25) is 0 Å². The van der Waals surface area contributed by atoms with E-state index in [0.29, 0.717) is 26.3 Å². The zero-order chi connectivity index (χ0) is 18.1. The average Bonchev–Trinajstić information content (AvgIpc) is 3.11. The van der Waals surface area contributed by atoms with Crippen molar-refractivity contribution in [1.29, 1.82) is 0 Å². The number of carboxylic acid groups (broad SMARTS) is 1. The molecule has 1 aromatic carbocycles. The number of nitrogens with zero attached hydrogens (tertiary/aromatic N) is 1. The summed E-state index contributed by atoms with van der Waals surface area (Å²) in [5.41, 5.74) is 0.498. The van der Waals surface area contributed by atoms with Gasteiger partial charge in [0.15, 0.2) is 0 Å². The van der Waals surface area contributed by atoms with Crippen molar-refractivity contribution in [2.75, 3.05) is 6.54 Å². The van der Waals surface area contributed by atoms with Gasteiger partial charge in [0, 0.05) is 11.6 Å². The molecule has 1 saturated heterocycles. The van der Waals surface area contributed by atoms with Crippen LogP contribution in [0.2, 0.25) is 10.0 Å². The summed E-state index contributed by atoms with van der Waals surface area (Å²) in [5.74, 6) is -1.32. The van der Waals surface area contributed by atoms with Crippen molar-refractivity contribution in [2.45, 2.75) is 0 Å². The number of urea groups is 1. The summed E-state index contributed by atoms with van der Waals surface area (Å²) in [6.07, 6.45) is 1.31. The molecular weight excluding hydrogens is 371 g/mol. The highest BCUT2D eigenvalue weighted by molar-refractivity contribution is 6.43. The van der Waals surface area contributed by atoms with Crippen LogP contribution in [0.15, 0.2) is 40.4 Å². The minimum absolute atomic E-state index is 0.0793. The highest BCUT2D eigenvalue weighted by Gasteiger charge is 2.35. The second-order valence-electron chi connectivity index (χ2n) is 5.08. The smallest absolute Gasteiger partial charge is 0.329 e. The van der Waals surface area contributed by atoms with E-state index in [2.05, 4.69) is 5.32 Å². The van der Waals surface area contributed by atoms with E-state index >= 15 is 0 Å². The molecule has 0 atom stereocenters. The molecule has 2 heterocycles. The maximum atomic E-state index is 12.1. The molecule has 0 spiro atoms. The maximum Gasteiger partial charge on any atom is 0.329 e. The van der Waals surface area contributed by atoms with E-state index in [1.165, 1.54) is 6.08 Å². The number of carbonyl (C=O) groups is 3. The number of carboxylic acids is 1. The molecule has 0 saturated carbocycles. The van der Waals surface area contributed by atoms with Crippen LogP contribution in [0, 0.1) is 0 Å². The Labute approximate surface area is 151 Å². The lowest BCUT2D eigenvalue weighted by atomic mass is 10.2. The van der Waals surface area contributed by atoms with Gasteiger partial charge < -0.3 is 14.8 Å². The molecule has 0 unspecified atom stereocenters. The predicted octanol–water partition coefficient (Wildman–Crippen LogP) is 3.23. The van der Waals surface area contributed by atoms with Gasteiger partial charge >= 0.3 is 12.0 Å². The van der Waals surface area contributed by atoms with Gasteiger partial charge in [-0.2, -0.15) is 0 Å². The second kappa shape index (κ2) is 6.62. The highest BCUT2D eigenvalue weighted by atomic mass is 35.5. The minimum atomic E-state index is -1.29. The molecule has 0 bridgehead atoms. The lowest BCUT2D eigenvalue weighted by Crippen LogP contribution is -2.35. The SMILES string of the molecule is O=C(O)CN1C(=O)N/C(=C\c2ccc(-c3cccc(Cl)c3Cl)o2)C1=O. The van der Waals surface area contributed by atoms with E-state index in [1.54, 1.807) is 30.3 Å². The molecule has 3 amide bonds. The number of hydrogen-bond donors (Lipinski definition) is 2. The third-order valence-corrected chi connectivity index (χ3v) is 4.21. The van der Waals surface area contributed by atoms with E-state index < -0.39 is 24.5 Å². The molecule has 25 heavy (non-hydrogen) atoms. The van der Waals surface area contributed by atoms with Crippen molar-refractivity contribution >= 4 is 47.2 Å². The molecular formula is C16H10Cl2N2O5. The van der Waals surface area contributed by atoms with Crippen LogP contribution < -0.4 is 5.32 Å². The lowest BCUT2D eigenvalue weighted by molar-refractivity contribution is -0.140. The number of carbonyl (C=O) groups excluding carboxylic acids is 2. The van der Waals surface area contributed by atoms with E-state index in [4.69, 9.17) is 32.7 Å². The van der Waals surface area contributed by atoms with Gasteiger partial charge in [-0.25, -0.2) is 9.69 Å². The number of rotatable bonds is 4. The lowest BCUT2D eigenvalue weighted by Gasteiger charge is -2.06. The first-order chi connectivity index (χ1) is 11.9. The number of amides is 3. The number of benzene rings is 1. The zero-order valence-electron chi connectivity index (χ0n) is 12.5. The number of hydrogen-bond acceptors (Lipinski definition) is 4. The molecule has 1 aromatic heterocycles. The number of aliphatic carboxylic acids is 1. The number of furan rings is 1. The summed E-state index contributed by atoms with van der Waals surface area (Å²) < 4.78 is 5.61. The molecule has 9 heteroatoms. The minimum Gasteiger partial charge on any atom is -0.480 e. The van der Waals surface area contributed by atoms with Gasteiger partial charge in [-0.15, -0.1) is 0 Å². The Kier molecular flexibility index (Phi) is 4.52. The summed E-state index contributed by atoms with van der Waals surface area (Å²) in [5, 5.41) is 11.7. The van der Waals surface area contributed by atoms with Crippen molar-refractivity contribution < 1.29 is 23.9 Å². The fraction of sp³-hybridized carbons (Fsp3) is 0.0625. The monoisotopic (exact) mass is 380 g/mol. The van der Waals surface area contributed by atoms with Crippen molar-refractivity contribution in [3.05, 3.63) is 51.8 Å². The average molecular weight is 381 g/mol. The summed E-state index contributed by atoms with van der Waals surface area (Å²) in [4.78, 5) is 35.0. The van der Waals surface area contributed by atoms with Crippen LogP contribution in [-0.2, 0) is 9.59 Å². The highest BCUT2D eigenvalue weighted by Crippen LogP contribution is 2.34. The molecule has 7 nitrogen and oxygen atoms in total. The number of halogens is 2. The molecule has 128 valence electrons. The van der Waals surface area contributed by atoms with Crippen molar-refractivity contribution in [1.82, 2.24) is 10.2 Å². The predicted molar refractivity (Wildman–Crippen MR) is 90.0 cm³/mol. The Morgan fingerprint density at radius 1 is 1.24 bits per heavy atom. The largest absolute Gasteiger partial charge is 0.480 e. The first-order valence-corrected chi connectivity index (χ1v) is 7.73. The van der Waals surface area contributed by atoms with Crippen LogP contribution in [0.4, 0.5) is 4.79 Å². The van der Waals surface area contributed by atoms with Crippen molar-refractivity contribution in [3.63, 3.8) is 0 Å². The summed E-state index contributed by atoms with van der Waals surface area (Å²) in [6, 6.07) is 7.50. The van der Waals surface area contributed by atoms with E-state index in [1.807, 2.05) is 0 Å². The number of imide groups is 1. The van der Waals surface area contributed by atoms with Crippen molar-refractivity contribution in [2.24, 2.45) is 0 Å². The summed E-state index contributed by atoms with van der Waals surface area (Å²) in [6.45, 7) is -0.719. The van der Waals surface area contributed by atoms with Crippen LogP contribution >= 0.6 is 23.2 Å².